The van der Waals surface area contributed by atoms with Crippen molar-refractivity contribution < 1.29 is 0 Å². The zero-order valence-corrected chi connectivity index (χ0v) is 16.5. The van der Waals surface area contributed by atoms with E-state index in [-0.39, 0.29) is 6.04 Å². The Hall–Kier alpha value is -2.75. The molecule has 146 valence electrons. The van der Waals surface area contributed by atoms with Gasteiger partial charge in [0.15, 0.2) is 5.84 Å². The summed E-state index contributed by atoms with van der Waals surface area (Å²) in [4.78, 5) is 14.4. The summed E-state index contributed by atoms with van der Waals surface area (Å²) in [5, 5.41) is 16.3. The van der Waals surface area contributed by atoms with E-state index < -0.39 is 0 Å². The van der Waals surface area contributed by atoms with Crippen LogP contribution in [0.5, 0.6) is 0 Å². The van der Waals surface area contributed by atoms with Crippen molar-refractivity contribution in [2.45, 2.75) is 19.5 Å². The fourth-order valence-electron chi connectivity index (χ4n) is 2.99. The van der Waals surface area contributed by atoms with Crippen molar-refractivity contribution in [3.05, 3.63) is 53.3 Å². The highest BCUT2D eigenvalue weighted by molar-refractivity contribution is 8.26. The maximum absolute atomic E-state index is 8.12. The Labute approximate surface area is 168 Å². The molecule has 9 heteroatoms. The van der Waals surface area contributed by atoms with Crippen molar-refractivity contribution in [3.63, 3.8) is 0 Å². The zero-order chi connectivity index (χ0) is 20.1. The number of thioether (sulfide) groups is 1. The molecule has 1 saturated heterocycles. The van der Waals surface area contributed by atoms with E-state index in [2.05, 4.69) is 19.9 Å². The van der Waals surface area contributed by atoms with Crippen LogP contribution in [-0.4, -0.2) is 51.3 Å². The van der Waals surface area contributed by atoms with Gasteiger partial charge < -0.3 is 16.5 Å². The highest BCUT2D eigenvalue weighted by atomic mass is 32.2. The number of aromatic amines is 1. The monoisotopic (exact) mass is 396 g/mol. The summed E-state index contributed by atoms with van der Waals surface area (Å²) < 4.78 is 0. The van der Waals surface area contributed by atoms with Crippen molar-refractivity contribution >= 4 is 39.7 Å². The lowest BCUT2D eigenvalue weighted by molar-refractivity contribution is 0.142. The number of H-pyrrole nitrogens is 1. The average Bonchev–Trinajstić information content (AvgIpc) is 3.08. The molecule has 0 amide bonds. The molecule has 0 radical (unpaired) electrons. The number of nitrogens with two attached hydrogens (primary N) is 2. The molecule has 2 aromatic rings. The first-order chi connectivity index (χ1) is 13.5. The van der Waals surface area contributed by atoms with Gasteiger partial charge in [-0.2, -0.15) is 0 Å². The number of hydrogen-bond acceptors (Lipinski definition) is 6. The van der Waals surface area contributed by atoms with Gasteiger partial charge in [0.2, 0.25) is 0 Å². The number of hydrogen-bond donors (Lipinski definition) is 5. The lowest BCUT2D eigenvalue weighted by Gasteiger charge is -2.36. The number of aliphatic imine (C=N–C) groups is 2. The van der Waals surface area contributed by atoms with Crippen LogP contribution in [0.3, 0.4) is 0 Å². The van der Waals surface area contributed by atoms with Crippen LogP contribution in [0.1, 0.15) is 23.7 Å². The SMILES string of the molecule is CC(=N)SC(=N)c1cccc(N=C(N=CN)c2[nH]ccc2CN2CC(N)C2)c1. The van der Waals surface area contributed by atoms with Crippen LogP contribution in [0, 0.1) is 10.8 Å². The molecule has 7 N–H and O–H groups in total. The standard InChI is InChI=1S/C19H24N8S/c1-12(21)28-18(23)13-3-2-4-16(7-13)26-19(25-11-20)17-14(5-6-24-17)8-27-9-15(22)10-27/h2-7,11,15,21,23-24H,8-10,22H2,1H3,(H2,20,25,26). The molecule has 8 nitrogen and oxygen atoms in total. The van der Waals surface area contributed by atoms with Crippen LogP contribution in [0.4, 0.5) is 5.69 Å². The summed E-state index contributed by atoms with van der Waals surface area (Å²) in [6.45, 7) is 4.19. The first-order valence-corrected chi connectivity index (χ1v) is 9.67. The average molecular weight is 397 g/mol. The number of amidine groups is 1. The Morgan fingerprint density at radius 2 is 2.14 bits per heavy atom. The number of aromatic nitrogens is 1. The van der Waals surface area contributed by atoms with Gasteiger partial charge >= 0.3 is 0 Å². The van der Waals surface area contributed by atoms with E-state index in [0.717, 1.165) is 42.7 Å². The smallest absolute Gasteiger partial charge is 0.178 e. The van der Waals surface area contributed by atoms with Gasteiger partial charge in [-0.15, -0.1) is 0 Å². The highest BCUT2D eigenvalue weighted by Gasteiger charge is 2.24. The van der Waals surface area contributed by atoms with E-state index in [1.807, 2.05) is 30.5 Å². The van der Waals surface area contributed by atoms with E-state index in [4.69, 9.17) is 22.3 Å². The summed E-state index contributed by atoms with van der Waals surface area (Å²) in [5.41, 5.74) is 14.7. The zero-order valence-electron chi connectivity index (χ0n) is 15.6. The van der Waals surface area contributed by atoms with Crippen molar-refractivity contribution in [2.24, 2.45) is 21.5 Å². The fourth-order valence-corrected chi connectivity index (χ4v) is 3.54. The molecule has 3 rings (SSSR count). The quantitative estimate of drug-likeness (QED) is 0.390. The fraction of sp³-hybridized carbons (Fsp3) is 0.263. The first-order valence-electron chi connectivity index (χ1n) is 8.85. The summed E-state index contributed by atoms with van der Waals surface area (Å²) in [7, 11) is 0. The lowest BCUT2D eigenvalue weighted by Crippen LogP contribution is -2.54. The largest absolute Gasteiger partial charge is 0.390 e. The number of rotatable bonds is 5. The Bertz CT molecular complexity index is 924. The Balaban J connectivity index is 1.87. The molecule has 0 saturated carbocycles. The van der Waals surface area contributed by atoms with Crippen molar-refractivity contribution in [3.8, 4) is 0 Å². The van der Waals surface area contributed by atoms with Crippen LogP contribution < -0.4 is 11.5 Å². The normalized spacial score (nSPS) is 15.7. The van der Waals surface area contributed by atoms with Crippen molar-refractivity contribution in [1.82, 2.24) is 9.88 Å². The van der Waals surface area contributed by atoms with Gasteiger partial charge in [-0.25, -0.2) is 9.98 Å². The minimum atomic E-state index is 0.248. The highest BCUT2D eigenvalue weighted by Crippen LogP contribution is 2.22. The third-order valence-corrected chi connectivity index (χ3v) is 4.98. The molecular weight excluding hydrogens is 372 g/mol. The van der Waals surface area contributed by atoms with Crippen molar-refractivity contribution in [1.29, 1.82) is 10.8 Å². The summed E-state index contributed by atoms with van der Waals surface area (Å²) >= 11 is 1.11. The minimum Gasteiger partial charge on any atom is -0.390 e. The van der Waals surface area contributed by atoms with Gasteiger partial charge in [0.05, 0.1) is 22.8 Å². The van der Waals surface area contributed by atoms with Crippen molar-refractivity contribution in [2.75, 3.05) is 13.1 Å². The molecule has 1 fully saturated rings. The number of nitrogens with one attached hydrogen (secondary N) is 3. The van der Waals surface area contributed by atoms with Gasteiger partial charge in [0.25, 0.3) is 0 Å². The van der Waals surface area contributed by atoms with Crippen LogP contribution in [0.2, 0.25) is 0 Å². The Morgan fingerprint density at radius 1 is 1.36 bits per heavy atom. The van der Waals surface area contributed by atoms with Gasteiger partial charge in [-0.05, 0) is 30.7 Å². The number of likely N-dealkylation sites (tertiary alicyclic amines) is 1. The molecule has 0 aliphatic carbocycles. The molecule has 0 unspecified atom stereocenters. The molecule has 0 bridgehead atoms. The van der Waals surface area contributed by atoms with E-state index >= 15 is 0 Å². The van der Waals surface area contributed by atoms with Crippen LogP contribution in [-0.2, 0) is 6.54 Å². The molecule has 1 aromatic heterocycles. The lowest BCUT2D eigenvalue weighted by atomic mass is 10.1. The molecule has 2 heterocycles. The topological polar surface area (TPSA) is 143 Å². The Kier molecular flexibility index (Phi) is 6.40. The molecule has 0 atom stereocenters. The third-order valence-electron chi connectivity index (χ3n) is 4.23. The second-order valence-electron chi connectivity index (χ2n) is 6.58. The summed E-state index contributed by atoms with van der Waals surface area (Å²) in [6.07, 6.45) is 3.09. The van der Waals surface area contributed by atoms with E-state index in [1.165, 1.54) is 6.34 Å². The number of nitrogens with zero attached hydrogens (tertiary/aromatic N) is 3. The number of benzene rings is 1. The third kappa shape index (κ3) is 4.94. The Morgan fingerprint density at radius 3 is 2.82 bits per heavy atom. The molecule has 1 aliphatic heterocycles. The molecule has 1 aromatic carbocycles. The van der Waals surface area contributed by atoms with Crippen LogP contribution in [0.25, 0.3) is 0 Å². The van der Waals surface area contributed by atoms with E-state index in [9.17, 15) is 0 Å². The van der Waals surface area contributed by atoms with Gasteiger partial charge in [-0.1, -0.05) is 23.9 Å². The minimum absolute atomic E-state index is 0.248. The van der Waals surface area contributed by atoms with E-state index in [0.29, 0.717) is 27.2 Å². The van der Waals surface area contributed by atoms with Crippen LogP contribution >= 0.6 is 11.8 Å². The molecular formula is C19H24N8S. The molecule has 28 heavy (non-hydrogen) atoms. The summed E-state index contributed by atoms with van der Waals surface area (Å²) in [5.74, 6) is 0.479. The van der Waals surface area contributed by atoms with Gasteiger partial charge in [0, 0.05) is 37.4 Å². The maximum atomic E-state index is 8.12. The predicted octanol–water partition coefficient (Wildman–Crippen LogP) is 2.28. The maximum Gasteiger partial charge on any atom is 0.178 e. The first kappa shape index (κ1) is 20.0. The predicted molar refractivity (Wildman–Crippen MR) is 117 cm³/mol. The van der Waals surface area contributed by atoms with Gasteiger partial charge in [0.1, 0.15) is 5.04 Å². The van der Waals surface area contributed by atoms with Crippen LogP contribution in [0.15, 0.2) is 46.5 Å². The molecule has 0 spiro atoms. The second kappa shape index (κ2) is 8.96. The van der Waals surface area contributed by atoms with Gasteiger partial charge in [-0.3, -0.25) is 15.7 Å². The summed E-state index contributed by atoms with van der Waals surface area (Å²) in [6, 6.07) is 9.58. The second-order valence-corrected chi connectivity index (χ2v) is 7.81. The van der Waals surface area contributed by atoms with E-state index in [1.54, 1.807) is 13.0 Å². The molecule has 1 aliphatic rings.